The molecule has 14 nitrogen and oxygen atoms in total. The van der Waals surface area contributed by atoms with E-state index in [1.165, 1.54) is 18.1 Å². The number of aromatic nitrogens is 1. The summed E-state index contributed by atoms with van der Waals surface area (Å²) in [5.41, 5.74) is 0.518. The van der Waals surface area contributed by atoms with E-state index < -0.39 is 73.5 Å². The molecule has 1 saturated heterocycles. The minimum atomic E-state index is -4.17. The van der Waals surface area contributed by atoms with Crippen molar-refractivity contribution in [1.29, 1.82) is 0 Å². The molecule has 2 aliphatic carbocycles. The van der Waals surface area contributed by atoms with Crippen LogP contribution in [0.25, 0.3) is 22.2 Å². The van der Waals surface area contributed by atoms with Gasteiger partial charge in [0.2, 0.25) is 27.7 Å². The van der Waals surface area contributed by atoms with E-state index in [1.807, 2.05) is 93.6 Å². The van der Waals surface area contributed by atoms with Crippen LogP contribution in [0.5, 0.6) is 11.5 Å². The number of methoxy groups -OCH3 is 2. The maximum absolute atomic E-state index is 14.8. The van der Waals surface area contributed by atoms with Gasteiger partial charge in [-0.05, 0) is 48.8 Å². The van der Waals surface area contributed by atoms with Crippen LogP contribution in [-0.2, 0) is 40.4 Å². The van der Waals surface area contributed by atoms with Gasteiger partial charge in [0.1, 0.15) is 35.2 Å². The molecule has 15 heteroatoms. The Balaban J connectivity index is 1.19. The number of pyridine rings is 1. The molecule has 3 fully saturated rings. The van der Waals surface area contributed by atoms with Gasteiger partial charge in [-0.15, -0.1) is 6.58 Å². The van der Waals surface area contributed by atoms with Crippen LogP contribution in [0.2, 0.25) is 0 Å². The molecule has 1 aromatic heterocycles. The molecule has 4 aromatic rings. The Bertz CT molecular complexity index is 2450. The number of nitrogens with zero attached hydrogens (tertiary/aromatic N) is 2. The van der Waals surface area contributed by atoms with E-state index in [1.54, 1.807) is 19.2 Å². The van der Waals surface area contributed by atoms with Crippen molar-refractivity contribution in [3.8, 4) is 22.8 Å². The van der Waals surface area contributed by atoms with Crippen molar-refractivity contribution in [3.63, 3.8) is 0 Å². The van der Waals surface area contributed by atoms with E-state index in [4.69, 9.17) is 19.2 Å². The molecule has 1 aliphatic heterocycles. The lowest BCUT2D eigenvalue weighted by Crippen LogP contribution is -2.60. The Morgan fingerprint density at radius 2 is 1.68 bits per heavy atom. The van der Waals surface area contributed by atoms with E-state index in [-0.39, 0.29) is 38.8 Å². The summed E-state index contributed by atoms with van der Waals surface area (Å²) in [7, 11) is -1.12. The maximum atomic E-state index is 14.8. The van der Waals surface area contributed by atoms with Crippen LogP contribution in [-0.4, -0.2) is 97.8 Å². The molecule has 5 atom stereocenters. The summed E-state index contributed by atoms with van der Waals surface area (Å²) in [4.78, 5) is 63.0. The van der Waals surface area contributed by atoms with E-state index in [0.29, 0.717) is 40.9 Å². The van der Waals surface area contributed by atoms with Crippen LogP contribution < -0.4 is 24.8 Å². The number of hydrogen-bond acceptors (Lipinski definition) is 10. The first-order valence-corrected chi connectivity index (χ1v) is 22.4. The number of nitrogens with one attached hydrogen (secondary N) is 3. The highest BCUT2D eigenvalue weighted by atomic mass is 32.2. The van der Waals surface area contributed by atoms with E-state index >= 15 is 0 Å². The van der Waals surface area contributed by atoms with Crippen molar-refractivity contribution in [2.75, 3.05) is 27.4 Å². The van der Waals surface area contributed by atoms with Gasteiger partial charge in [-0.25, -0.2) is 13.4 Å². The summed E-state index contributed by atoms with van der Waals surface area (Å²) in [5.74, 6) is -1.94. The Labute approximate surface area is 362 Å². The number of carbonyl (C=O) groups is 4. The van der Waals surface area contributed by atoms with Crippen molar-refractivity contribution in [3.05, 3.63) is 103 Å². The minimum Gasteiger partial charge on any atom is -0.497 e. The third-order valence-electron chi connectivity index (χ3n) is 12.2. The first-order valence-electron chi connectivity index (χ1n) is 20.9. The number of rotatable bonds is 17. The summed E-state index contributed by atoms with van der Waals surface area (Å²) >= 11 is 0. The average Bonchev–Trinajstić information content (AvgIpc) is 4.16. The molecule has 1 unspecified atom stereocenters. The van der Waals surface area contributed by atoms with Gasteiger partial charge in [0, 0.05) is 49.0 Å². The van der Waals surface area contributed by atoms with Crippen molar-refractivity contribution >= 4 is 44.6 Å². The molecule has 7 rings (SSSR count). The highest BCUT2D eigenvalue weighted by molar-refractivity contribution is 7.91. The summed E-state index contributed by atoms with van der Waals surface area (Å²) in [6.45, 7) is 9.41. The van der Waals surface area contributed by atoms with E-state index in [9.17, 15) is 27.6 Å². The van der Waals surface area contributed by atoms with E-state index in [0.717, 1.165) is 11.1 Å². The molecule has 0 spiro atoms. The lowest BCUT2D eigenvalue weighted by molar-refractivity contribution is -0.144. The summed E-state index contributed by atoms with van der Waals surface area (Å²) in [5, 5.41) is 6.42. The Hall–Kier alpha value is -5.80. The summed E-state index contributed by atoms with van der Waals surface area (Å²) in [6, 6.07) is 23.9. The second-order valence-corrected chi connectivity index (χ2v) is 19.7. The van der Waals surface area contributed by atoms with Crippen LogP contribution in [0.15, 0.2) is 97.6 Å². The molecule has 3 aliphatic rings. The lowest BCUT2D eigenvalue weighted by atomic mass is 9.85. The quantitative estimate of drug-likeness (QED) is 0.121. The third-order valence-corrected chi connectivity index (χ3v) is 14.3. The summed E-state index contributed by atoms with van der Waals surface area (Å²) < 4.78 is 46.3. The van der Waals surface area contributed by atoms with Crippen molar-refractivity contribution in [2.24, 2.45) is 11.3 Å². The van der Waals surface area contributed by atoms with Crippen molar-refractivity contribution in [1.82, 2.24) is 25.2 Å². The number of benzene rings is 3. The fraction of sp³-hybridized carbons (Fsp3) is 0.426. The number of likely N-dealkylation sites (tertiary alicyclic amines) is 1. The molecule has 328 valence electrons. The van der Waals surface area contributed by atoms with Crippen LogP contribution >= 0.6 is 0 Å². The number of ether oxygens (including phenoxy) is 3. The molecule has 0 bridgehead atoms. The Kier molecular flexibility index (Phi) is 12.5. The predicted octanol–water partition coefficient (Wildman–Crippen LogP) is 5.11. The molecular formula is C47H55N5O9S. The first-order chi connectivity index (χ1) is 29.5. The van der Waals surface area contributed by atoms with Gasteiger partial charge in [-0.2, -0.15) is 0 Å². The van der Waals surface area contributed by atoms with Crippen LogP contribution in [0.3, 0.4) is 0 Å². The Morgan fingerprint density at radius 3 is 2.29 bits per heavy atom. The molecule has 4 amide bonds. The van der Waals surface area contributed by atoms with Crippen LogP contribution in [0, 0.1) is 11.3 Å². The molecule has 62 heavy (non-hydrogen) atoms. The topological polar surface area (TPSA) is 182 Å². The van der Waals surface area contributed by atoms with E-state index in [2.05, 4.69) is 21.9 Å². The third kappa shape index (κ3) is 9.19. The van der Waals surface area contributed by atoms with Crippen molar-refractivity contribution < 1.29 is 41.8 Å². The minimum absolute atomic E-state index is 0.0155. The summed E-state index contributed by atoms with van der Waals surface area (Å²) in [6.07, 6.45) is 1.96. The Morgan fingerprint density at radius 1 is 0.984 bits per heavy atom. The number of carbonyl (C=O) groups excluding carboxylic acids is 4. The number of fused-ring (bicyclic) bond motifs is 1. The SMILES string of the molecule is C=CC1C[C@@]1(NC(=O)[C@@H]1C[C@@H](Oc2cc(-c3ccccc3)nc3cc(OC)ccc23)CN1C(=O)[C@@H](NC(=O)CCOC)C(C)(C)C)C(=O)NS(=O)(=O)C1(Cc2ccccc2)CC1. The second kappa shape index (κ2) is 17.5. The standard InChI is InChI=1S/C47H55N5O9S/c1-7-32-28-47(32,44(56)51-62(57,58)46(21-22-46)27-30-14-10-8-11-15-30)50-42(54)38-25-34(29-52(38)43(55)41(45(2,3)4)49-40(53)20-23-59-5)61-39-26-36(31-16-12-9-13-17-31)48-37-24-33(60-6)18-19-35(37)39/h7-19,24,26,32,34,38,41H,1,20-23,25,27-29H2,2-6H3,(H,49,53)(H,50,54)(H,51,56)/t32?,34-,38+,41-,47+/m1/s1. The van der Waals surface area contributed by atoms with Gasteiger partial charge in [0.15, 0.2) is 0 Å². The van der Waals surface area contributed by atoms with Gasteiger partial charge in [-0.3, -0.25) is 23.9 Å². The fourth-order valence-electron chi connectivity index (χ4n) is 8.26. The monoisotopic (exact) mass is 865 g/mol. The molecule has 2 heterocycles. The smallest absolute Gasteiger partial charge is 0.259 e. The molecule has 2 saturated carbocycles. The van der Waals surface area contributed by atoms with Crippen molar-refractivity contribution in [2.45, 2.75) is 87.8 Å². The predicted molar refractivity (Wildman–Crippen MR) is 234 cm³/mol. The van der Waals surface area contributed by atoms with Gasteiger partial charge < -0.3 is 29.7 Å². The van der Waals surface area contributed by atoms with Gasteiger partial charge in [0.25, 0.3) is 5.91 Å². The zero-order valence-corrected chi connectivity index (χ0v) is 36.6. The first kappa shape index (κ1) is 44.3. The number of sulfonamides is 1. The number of hydrogen-bond donors (Lipinski definition) is 3. The van der Waals surface area contributed by atoms with Gasteiger partial charge in [0.05, 0.1) is 36.2 Å². The second-order valence-electron chi connectivity index (χ2n) is 17.6. The maximum Gasteiger partial charge on any atom is 0.259 e. The normalized spacial score (nSPS) is 22.0. The molecule has 3 N–H and O–H groups in total. The highest BCUT2D eigenvalue weighted by Gasteiger charge is 2.63. The molecule has 0 radical (unpaired) electrons. The zero-order chi connectivity index (χ0) is 44.5. The molecule has 3 aromatic carbocycles. The number of amides is 4. The largest absolute Gasteiger partial charge is 0.497 e. The zero-order valence-electron chi connectivity index (χ0n) is 35.8. The fourth-order valence-corrected chi connectivity index (χ4v) is 9.90. The van der Waals surface area contributed by atoms with Gasteiger partial charge >= 0.3 is 0 Å². The average molecular weight is 866 g/mol. The van der Waals surface area contributed by atoms with Gasteiger partial charge in [-0.1, -0.05) is 87.5 Å². The van der Waals surface area contributed by atoms with Crippen LogP contribution in [0.1, 0.15) is 58.4 Å². The molecular weight excluding hydrogens is 811 g/mol. The highest BCUT2D eigenvalue weighted by Crippen LogP contribution is 2.49. The lowest BCUT2D eigenvalue weighted by Gasteiger charge is -2.35. The van der Waals surface area contributed by atoms with Crippen LogP contribution in [0.4, 0.5) is 0 Å².